The first-order chi connectivity index (χ1) is 12.4. The fourth-order valence-corrected chi connectivity index (χ4v) is 3.08. The number of hydrogen-bond acceptors (Lipinski definition) is 3. The van der Waals surface area contributed by atoms with Crippen LogP contribution in [-0.2, 0) is 16.0 Å². The van der Waals surface area contributed by atoms with Crippen molar-refractivity contribution in [2.45, 2.75) is 19.8 Å². The van der Waals surface area contributed by atoms with Gasteiger partial charge in [0.1, 0.15) is 5.75 Å². The van der Waals surface area contributed by atoms with Gasteiger partial charge in [-0.05, 0) is 48.7 Å². The van der Waals surface area contributed by atoms with Crippen LogP contribution in [0.2, 0.25) is 0 Å². The highest BCUT2D eigenvalue weighted by atomic mass is 79.9. The van der Waals surface area contributed by atoms with E-state index >= 15 is 0 Å². The Morgan fingerprint density at radius 2 is 1.92 bits per heavy atom. The molecule has 138 valence electrons. The molecule has 0 heterocycles. The summed E-state index contributed by atoms with van der Waals surface area (Å²) < 4.78 is 6.25. The van der Waals surface area contributed by atoms with Gasteiger partial charge in [-0.2, -0.15) is 0 Å². The largest absolute Gasteiger partial charge is 0.496 e. The van der Waals surface area contributed by atoms with Crippen molar-refractivity contribution in [3.05, 3.63) is 58.1 Å². The summed E-state index contributed by atoms with van der Waals surface area (Å²) in [4.78, 5) is 26.0. The minimum atomic E-state index is -0.219. The Kier molecular flexibility index (Phi) is 7.21. The Hall–Kier alpha value is -2.34. The summed E-state index contributed by atoms with van der Waals surface area (Å²) in [5.74, 6) is 0.466. The van der Waals surface area contributed by atoms with E-state index in [9.17, 15) is 9.59 Å². The molecule has 0 aliphatic rings. The number of carbonyl (C=O) groups is 2. The van der Waals surface area contributed by atoms with Gasteiger partial charge in [0.25, 0.3) is 0 Å². The molecule has 0 spiro atoms. The van der Waals surface area contributed by atoms with Crippen LogP contribution in [0, 0.1) is 6.92 Å². The lowest BCUT2D eigenvalue weighted by Gasteiger charge is -2.18. The molecule has 5 nitrogen and oxygen atoms in total. The Bertz CT molecular complexity index is 792. The molecular weight excluding hydrogens is 396 g/mol. The Morgan fingerprint density at radius 3 is 2.62 bits per heavy atom. The fraction of sp³-hybridized carbons (Fsp3) is 0.300. The molecule has 2 aromatic carbocycles. The quantitative estimate of drug-likeness (QED) is 0.743. The van der Waals surface area contributed by atoms with Crippen molar-refractivity contribution in [2.75, 3.05) is 26.0 Å². The van der Waals surface area contributed by atoms with Crippen LogP contribution in [0.5, 0.6) is 5.75 Å². The molecule has 2 aromatic rings. The van der Waals surface area contributed by atoms with Crippen molar-refractivity contribution < 1.29 is 14.3 Å². The number of ether oxygens (including phenoxy) is 1. The number of nitrogens with zero attached hydrogens (tertiary/aromatic N) is 1. The summed E-state index contributed by atoms with van der Waals surface area (Å²) in [5.41, 5.74) is 2.68. The monoisotopic (exact) mass is 418 g/mol. The molecule has 1 N–H and O–H groups in total. The van der Waals surface area contributed by atoms with Gasteiger partial charge in [-0.1, -0.05) is 34.1 Å². The van der Waals surface area contributed by atoms with Gasteiger partial charge in [0.05, 0.1) is 13.7 Å². The molecule has 0 aliphatic carbocycles. The summed E-state index contributed by atoms with van der Waals surface area (Å²) in [6.07, 6.45) is 0.891. The summed E-state index contributed by atoms with van der Waals surface area (Å²) in [6, 6.07) is 13.3. The van der Waals surface area contributed by atoms with Crippen LogP contribution in [0.25, 0.3) is 0 Å². The van der Waals surface area contributed by atoms with Gasteiger partial charge >= 0.3 is 0 Å². The lowest BCUT2D eigenvalue weighted by molar-refractivity contribution is -0.133. The van der Waals surface area contributed by atoms with Crippen LogP contribution in [-0.4, -0.2) is 37.4 Å². The first kappa shape index (κ1) is 20.0. The van der Waals surface area contributed by atoms with Crippen molar-refractivity contribution in [3.8, 4) is 5.75 Å². The van der Waals surface area contributed by atoms with Crippen LogP contribution in [0.3, 0.4) is 0 Å². The van der Waals surface area contributed by atoms with E-state index in [1.54, 1.807) is 14.2 Å². The molecule has 0 unspecified atom stereocenters. The van der Waals surface area contributed by atoms with Crippen molar-refractivity contribution in [1.82, 2.24) is 4.90 Å². The number of rotatable bonds is 7. The molecule has 0 atom stereocenters. The Labute approximate surface area is 162 Å². The SMILES string of the molecule is COc1ccccc1CCC(=O)N(C)CC(=O)Nc1ccc(Br)cc1C. The standard InChI is InChI=1S/C20H23BrN2O3/c1-14-12-16(21)9-10-17(14)22-19(24)13-23(2)20(25)11-8-15-6-4-5-7-18(15)26-3/h4-7,9-10,12H,8,11,13H2,1-3H3,(H,22,24). The predicted molar refractivity (Wildman–Crippen MR) is 106 cm³/mol. The maximum Gasteiger partial charge on any atom is 0.243 e. The molecule has 0 aromatic heterocycles. The number of methoxy groups -OCH3 is 1. The van der Waals surface area contributed by atoms with Gasteiger partial charge in [-0.3, -0.25) is 9.59 Å². The van der Waals surface area contributed by atoms with E-state index in [-0.39, 0.29) is 18.4 Å². The van der Waals surface area contributed by atoms with Gasteiger partial charge in [0.2, 0.25) is 11.8 Å². The van der Waals surface area contributed by atoms with Gasteiger partial charge in [-0.25, -0.2) is 0 Å². The molecular formula is C20H23BrN2O3. The number of hydrogen-bond donors (Lipinski definition) is 1. The molecule has 0 bridgehead atoms. The number of carbonyl (C=O) groups excluding carboxylic acids is 2. The molecule has 0 saturated heterocycles. The van der Waals surface area contributed by atoms with E-state index in [4.69, 9.17) is 4.74 Å². The molecule has 6 heteroatoms. The zero-order valence-electron chi connectivity index (χ0n) is 15.2. The van der Waals surface area contributed by atoms with Crippen LogP contribution in [0.4, 0.5) is 5.69 Å². The smallest absolute Gasteiger partial charge is 0.243 e. The summed E-state index contributed by atoms with van der Waals surface area (Å²) in [5, 5.41) is 2.84. The van der Waals surface area contributed by atoms with E-state index in [0.717, 1.165) is 27.0 Å². The van der Waals surface area contributed by atoms with E-state index < -0.39 is 0 Å². The van der Waals surface area contributed by atoms with Crippen molar-refractivity contribution in [2.24, 2.45) is 0 Å². The van der Waals surface area contributed by atoms with Crippen molar-refractivity contribution in [1.29, 1.82) is 0 Å². The third-order valence-corrected chi connectivity index (χ3v) is 4.56. The average Bonchev–Trinajstić information content (AvgIpc) is 2.62. The molecule has 26 heavy (non-hydrogen) atoms. The predicted octanol–water partition coefficient (Wildman–Crippen LogP) is 3.80. The second kappa shape index (κ2) is 9.38. The van der Waals surface area contributed by atoms with E-state index in [2.05, 4.69) is 21.2 Å². The average molecular weight is 419 g/mol. The zero-order chi connectivity index (χ0) is 19.1. The number of amides is 2. The molecule has 0 saturated carbocycles. The fourth-order valence-electron chi connectivity index (χ4n) is 2.60. The molecule has 2 amide bonds. The number of halogens is 1. The Morgan fingerprint density at radius 1 is 1.19 bits per heavy atom. The van der Waals surface area contributed by atoms with Crippen LogP contribution in [0.15, 0.2) is 46.9 Å². The molecule has 2 rings (SSSR count). The maximum atomic E-state index is 12.3. The number of para-hydroxylation sites is 1. The van der Waals surface area contributed by atoms with Gasteiger partial charge in [0, 0.05) is 23.6 Å². The van der Waals surface area contributed by atoms with E-state index in [0.29, 0.717) is 12.8 Å². The number of benzene rings is 2. The highest BCUT2D eigenvalue weighted by molar-refractivity contribution is 9.10. The summed E-state index contributed by atoms with van der Waals surface area (Å²) >= 11 is 3.39. The lowest BCUT2D eigenvalue weighted by Crippen LogP contribution is -2.35. The Balaban J connectivity index is 1.87. The third-order valence-electron chi connectivity index (χ3n) is 4.07. The highest BCUT2D eigenvalue weighted by Gasteiger charge is 2.14. The van der Waals surface area contributed by atoms with Gasteiger partial charge in [0.15, 0.2) is 0 Å². The number of aryl methyl sites for hydroxylation is 2. The van der Waals surface area contributed by atoms with E-state index in [1.807, 2.05) is 49.4 Å². The first-order valence-electron chi connectivity index (χ1n) is 8.32. The second-order valence-corrected chi connectivity index (χ2v) is 6.98. The lowest BCUT2D eigenvalue weighted by atomic mass is 10.1. The van der Waals surface area contributed by atoms with Crippen molar-refractivity contribution in [3.63, 3.8) is 0 Å². The molecule has 0 fully saturated rings. The van der Waals surface area contributed by atoms with Crippen LogP contribution in [0.1, 0.15) is 17.5 Å². The normalized spacial score (nSPS) is 10.3. The van der Waals surface area contributed by atoms with E-state index in [1.165, 1.54) is 4.90 Å². The minimum Gasteiger partial charge on any atom is -0.496 e. The highest BCUT2D eigenvalue weighted by Crippen LogP contribution is 2.20. The second-order valence-electron chi connectivity index (χ2n) is 6.07. The summed E-state index contributed by atoms with van der Waals surface area (Å²) in [7, 11) is 3.25. The van der Waals surface area contributed by atoms with Gasteiger partial charge in [-0.15, -0.1) is 0 Å². The molecule has 0 radical (unpaired) electrons. The number of likely N-dealkylation sites (N-methyl/N-ethyl adjacent to an activating group) is 1. The van der Waals surface area contributed by atoms with Crippen LogP contribution >= 0.6 is 15.9 Å². The van der Waals surface area contributed by atoms with Crippen LogP contribution < -0.4 is 10.1 Å². The zero-order valence-corrected chi connectivity index (χ0v) is 16.8. The topological polar surface area (TPSA) is 58.6 Å². The minimum absolute atomic E-state index is 0.0141. The first-order valence-corrected chi connectivity index (χ1v) is 9.12. The third kappa shape index (κ3) is 5.59. The van der Waals surface area contributed by atoms with Crippen molar-refractivity contribution >= 4 is 33.4 Å². The number of anilines is 1. The van der Waals surface area contributed by atoms with Gasteiger partial charge < -0.3 is 15.0 Å². The number of nitrogens with one attached hydrogen (secondary N) is 1. The summed E-state index contributed by atoms with van der Waals surface area (Å²) in [6.45, 7) is 1.93. The maximum absolute atomic E-state index is 12.3. The molecule has 0 aliphatic heterocycles.